The molecule has 7 heteroatoms. The number of carbonyl (C=O) groups excluding carboxylic acids is 1. The predicted octanol–water partition coefficient (Wildman–Crippen LogP) is 7.20. The van der Waals surface area contributed by atoms with Crippen LogP contribution in [-0.4, -0.2) is 32.5 Å². The van der Waals surface area contributed by atoms with Gasteiger partial charge in [0.15, 0.2) is 5.78 Å². The molecule has 3 rings (SSSR count). The molecule has 0 radical (unpaired) electrons. The van der Waals surface area contributed by atoms with Crippen LogP contribution >= 0.6 is 23.5 Å². The molecule has 174 valence electrons. The first-order valence-corrected chi connectivity index (χ1v) is 12.1. The van der Waals surface area contributed by atoms with Gasteiger partial charge in [0.25, 0.3) is 0 Å². The van der Waals surface area contributed by atoms with E-state index in [0.29, 0.717) is 0 Å². The first kappa shape index (κ1) is 28.2. The van der Waals surface area contributed by atoms with E-state index in [9.17, 15) is 4.79 Å². The quantitative estimate of drug-likeness (QED) is 0.268. The Morgan fingerprint density at radius 2 is 1.16 bits per heavy atom. The maximum absolute atomic E-state index is 10.0. The fraction of sp³-hybridized carbons (Fsp3) is 0.320. The van der Waals surface area contributed by atoms with Gasteiger partial charge in [-0.15, -0.1) is 23.5 Å². The molecule has 0 bridgehead atoms. The molecule has 0 aliphatic carbocycles. The molecule has 1 saturated heterocycles. The maximum atomic E-state index is 10.0. The average Bonchev–Trinajstić information content (AvgIpc) is 2.68. The standard InChI is InChI=1S/C20H22N2S2.C5H8O2.Ni/c1-13-7-5-8-14(2)17(13)21-19-20(24-12-11-23-19)22-18-15(3)9-6-10-16(18)4;1-4(6)3-5(2)7;/h5-10H,11-12H2,1-4H3;3,6H,1-2H3;. The first-order chi connectivity index (χ1) is 14.7. The van der Waals surface area contributed by atoms with Crippen molar-refractivity contribution in [2.45, 2.75) is 41.5 Å². The van der Waals surface area contributed by atoms with Crippen molar-refractivity contribution in [1.29, 1.82) is 0 Å². The number of carbonyl (C=O) groups is 1. The number of allylic oxidation sites excluding steroid dienone is 2. The number of aliphatic hydroxyl groups is 1. The molecule has 0 unspecified atom stereocenters. The summed E-state index contributed by atoms with van der Waals surface area (Å²) in [6.45, 7) is 11.3. The Labute approximate surface area is 210 Å². The molecule has 0 aromatic heterocycles. The van der Waals surface area contributed by atoms with Crippen LogP contribution in [0.3, 0.4) is 0 Å². The number of aliphatic hydroxyl groups excluding tert-OH is 1. The SMILES string of the molecule is CC(=O)C=C(C)O.Cc1cccc(C)c1N=C1SCCSC1=Nc1c(C)cccc1C.[Ni]. The molecule has 1 aliphatic heterocycles. The molecule has 0 spiro atoms. The number of para-hydroxylation sites is 2. The van der Waals surface area contributed by atoms with Crippen molar-refractivity contribution >= 4 is 50.8 Å². The molecule has 1 N–H and O–H groups in total. The molecule has 0 amide bonds. The molecule has 1 aliphatic rings. The molecule has 0 saturated carbocycles. The van der Waals surface area contributed by atoms with E-state index in [1.165, 1.54) is 42.2 Å². The van der Waals surface area contributed by atoms with E-state index in [1.54, 1.807) is 0 Å². The van der Waals surface area contributed by atoms with Crippen molar-refractivity contribution in [1.82, 2.24) is 0 Å². The summed E-state index contributed by atoms with van der Waals surface area (Å²) in [5.74, 6) is 2.10. The van der Waals surface area contributed by atoms with Gasteiger partial charge in [-0.3, -0.25) is 4.79 Å². The number of hydrogen-bond acceptors (Lipinski definition) is 6. The zero-order valence-electron chi connectivity index (χ0n) is 19.3. The molecule has 2 aromatic rings. The Morgan fingerprint density at radius 1 is 0.812 bits per heavy atom. The largest absolute Gasteiger partial charge is 0.512 e. The molecule has 4 nitrogen and oxygen atoms in total. The van der Waals surface area contributed by atoms with Crippen molar-refractivity contribution in [2.75, 3.05) is 11.5 Å². The summed E-state index contributed by atoms with van der Waals surface area (Å²) in [5, 5.41) is 10.5. The third-order valence-corrected chi connectivity index (χ3v) is 6.78. The molecule has 1 fully saturated rings. The molecule has 2 aromatic carbocycles. The van der Waals surface area contributed by atoms with Gasteiger partial charge in [-0.05, 0) is 63.8 Å². The van der Waals surface area contributed by atoms with Crippen molar-refractivity contribution < 1.29 is 26.4 Å². The van der Waals surface area contributed by atoms with E-state index >= 15 is 0 Å². The van der Waals surface area contributed by atoms with Crippen molar-refractivity contribution in [3.63, 3.8) is 0 Å². The van der Waals surface area contributed by atoms with Crippen LogP contribution in [0.5, 0.6) is 0 Å². The third kappa shape index (κ3) is 8.61. The van der Waals surface area contributed by atoms with Gasteiger partial charge in [0.05, 0.1) is 17.1 Å². The molecule has 1 heterocycles. The second-order valence-corrected chi connectivity index (χ2v) is 9.58. The van der Waals surface area contributed by atoms with Crippen LogP contribution in [0.1, 0.15) is 36.1 Å². The van der Waals surface area contributed by atoms with Crippen LogP contribution in [0.15, 0.2) is 58.2 Å². The van der Waals surface area contributed by atoms with E-state index in [1.807, 2.05) is 23.5 Å². The zero-order chi connectivity index (χ0) is 23.0. The number of rotatable bonds is 3. The van der Waals surface area contributed by atoms with Gasteiger partial charge in [-0.1, -0.05) is 36.4 Å². The molecule has 32 heavy (non-hydrogen) atoms. The Hall–Kier alpha value is -1.82. The smallest absolute Gasteiger partial charge is 0.155 e. The Balaban J connectivity index is 0.000000558. The van der Waals surface area contributed by atoms with Crippen molar-refractivity contribution in [2.24, 2.45) is 9.98 Å². The number of aryl methyl sites for hydroxylation is 4. The van der Waals surface area contributed by atoms with Gasteiger partial charge in [0.2, 0.25) is 0 Å². The number of aliphatic imine (C=N–C) groups is 2. The van der Waals surface area contributed by atoms with Gasteiger partial charge in [-0.2, -0.15) is 0 Å². The summed E-state index contributed by atoms with van der Waals surface area (Å²) >= 11 is 3.63. The Bertz CT molecular complexity index is 932. The summed E-state index contributed by atoms with van der Waals surface area (Å²) in [6.07, 6.45) is 1.17. The Morgan fingerprint density at radius 3 is 1.41 bits per heavy atom. The minimum Gasteiger partial charge on any atom is -0.512 e. The number of benzene rings is 2. The second kappa shape index (κ2) is 13.7. The van der Waals surface area contributed by atoms with Crippen LogP contribution in [0.25, 0.3) is 0 Å². The second-order valence-electron chi connectivity index (χ2n) is 7.41. The van der Waals surface area contributed by atoms with Gasteiger partial charge >= 0.3 is 0 Å². The number of nitrogens with zero attached hydrogens (tertiary/aromatic N) is 2. The van der Waals surface area contributed by atoms with E-state index in [0.717, 1.165) is 33.0 Å². The van der Waals surface area contributed by atoms with Crippen LogP contribution in [0.2, 0.25) is 0 Å². The minimum absolute atomic E-state index is 0. The van der Waals surface area contributed by atoms with E-state index < -0.39 is 0 Å². The molecular formula is C25H30N2NiO2S2. The van der Waals surface area contributed by atoms with E-state index in [4.69, 9.17) is 15.1 Å². The number of hydrogen-bond donors (Lipinski definition) is 1. The van der Waals surface area contributed by atoms with E-state index in [2.05, 4.69) is 64.1 Å². The van der Waals surface area contributed by atoms with Gasteiger partial charge in [0, 0.05) is 34.1 Å². The maximum Gasteiger partial charge on any atom is 0.155 e. The van der Waals surface area contributed by atoms with Crippen LogP contribution in [-0.2, 0) is 21.3 Å². The summed E-state index contributed by atoms with van der Waals surface area (Å²) in [7, 11) is 0. The minimum atomic E-state index is -0.125. The van der Waals surface area contributed by atoms with Gasteiger partial charge in [-0.25, -0.2) is 9.98 Å². The van der Waals surface area contributed by atoms with Crippen LogP contribution < -0.4 is 0 Å². The monoisotopic (exact) mass is 512 g/mol. The molecule has 0 atom stereocenters. The third-order valence-electron chi connectivity index (χ3n) is 4.46. The van der Waals surface area contributed by atoms with E-state index in [-0.39, 0.29) is 28.0 Å². The average molecular weight is 513 g/mol. The summed E-state index contributed by atoms with van der Waals surface area (Å²) < 4.78 is 0. The Kier molecular flexibility index (Phi) is 12.1. The van der Waals surface area contributed by atoms with Crippen molar-refractivity contribution in [3.05, 3.63) is 70.5 Å². The topological polar surface area (TPSA) is 62.0 Å². The first-order valence-electron chi connectivity index (χ1n) is 10.1. The predicted molar refractivity (Wildman–Crippen MR) is 138 cm³/mol. The number of thioether (sulfide) groups is 2. The van der Waals surface area contributed by atoms with Crippen molar-refractivity contribution in [3.8, 4) is 0 Å². The summed E-state index contributed by atoms with van der Waals surface area (Å²) in [6, 6.07) is 12.7. The summed E-state index contributed by atoms with van der Waals surface area (Å²) in [5.41, 5.74) is 7.01. The number of ketones is 1. The normalized spacial score (nSPS) is 16.2. The van der Waals surface area contributed by atoms with Gasteiger partial charge in [0.1, 0.15) is 10.1 Å². The fourth-order valence-electron chi connectivity index (χ4n) is 3.02. The van der Waals surface area contributed by atoms with Gasteiger partial charge < -0.3 is 5.11 Å². The zero-order valence-corrected chi connectivity index (χ0v) is 22.0. The van der Waals surface area contributed by atoms with Crippen LogP contribution in [0.4, 0.5) is 11.4 Å². The summed E-state index contributed by atoms with van der Waals surface area (Å²) in [4.78, 5) is 20.0. The van der Waals surface area contributed by atoms with Crippen LogP contribution in [0, 0.1) is 27.7 Å². The molecular weight excluding hydrogens is 483 g/mol. The fourth-order valence-corrected chi connectivity index (χ4v) is 5.08.